The van der Waals surface area contributed by atoms with Crippen molar-refractivity contribution in [3.63, 3.8) is 0 Å². The average molecular weight is 613 g/mol. The lowest BCUT2D eigenvalue weighted by Crippen LogP contribution is -2.14. The summed E-state index contributed by atoms with van der Waals surface area (Å²) in [7, 11) is 0. The Kier molecular flexibility index (Phi) is 7.77. The Morgan fingerprint density at radius 2 is 1.69 bits per heavy atom. The van der Waals surface area contributed by atoms with Crippen molar-refractivity contribution in [2.45, 2.75) is 20.5 Å². The maximum absolute atomic E-state index is 12.8. The monoisotopic (exact) mass is 613 g/mol. The van der Waals surface area contributed by atoms with Crippen molar-refractivity contribution in [1.82, 2.24) is 0 Å². The van der Waals surface area contributed by atoms with Crippen LogP contribution in [0.5, 0.6) is 11.5 Å². The number of ether oxygens (including phenoxy) is 2. The second kappa shape index (κ2) is 10.3. The highest BCUT2D eigenvalue weighted by molar-refractivity contribution is 14.1. The highest BCUT2D eigenvalue weighted by atomic mass is 127. The zero-order valence-corrected chi connectivity index (χ0v) is 20.5. The molecule has 0 spiro atoms. The first-order valence-corrected chi connectivity index (χ1v) is 11.3. The van der Waals surface area contributed by atoms with E-state index < -0.39 is 0 Å². The van der Waals surface area contributed by atoms with Crippen molar-refractivity contribution >= 4 is 56.8 Å². The molecule has 3 aromatic rings. The standard InChI is InChI=1S/C23H21I2NO3/c1-3-28-21-13-17(23(27)26-20-7-5-4-6-18(20)24)12-19(25)22(21)29-14-16-10-8-15(2)9-11-16/h4-13H,3,14H2,1-2H3,(H,26,27). The van der Waals surface area contributed by atoms with Gasteiger partial charge in [-0.3, -0.25) is 4.79 Å². The van der Waals surface area contributed by atoms with Crippen molar-refractivity contribution in [2.75, 3.05) is 11.9 Å². The average Bonchev–Trinajstić information content (AvgIpc) is 2.70. The molecule has 0 aliphatic rings. The molecule has 6 heteroatoms. The van der Waals surface area contributed by atoms with Gasteiger partial charge in [-0.15, -0.1) is 0 Å². The molecule has 1 N–H and O–H groups in total. The number of hydrogen-bond acceptors (Lipinski definition) is 3. The molecule has 4 nitrogen and oxygen atoms in total. The first kappa shape index (κ1) is 21.9. The van der Waals surface area contributed by atoms with Crippen LogP contribution in [0.4, 0.5) is 5.69 Å². The van der Waals surface area contributed by atoms with Crippen LogP contribution in [-0.4, -0.2) is 12.5 Å². The van der Waals surface area contributed by atoms with E-state index in [0.29, 0.717) is 30.3 Å². The first-order chi connectivity index (χ1) is 14.0. The smallest absolute Gasteiger partial charge is 0.255 e. The number of rotatable bonds is 7. The zero-order valence-electron chi connectivity index (χ0n) is 16.2. The Balaban J connectivity index is 1.82. The minimum absolute atomic E-state index is 0.182. The van der Waals surface area contributed by atoms with Crippen LogP contribution >= 0.6 is 45.2 Å². The molecule has 3 aromatic carbocycles. The molecule has 0 aliphatic carbocycles. The fraction of sp³-hybridized carbons (Fsp3) is 0.174. The lowest BCUT2D eigenvalue weighted by atomic mass is 10.1. The molecule has 29 heavy (non-hydrogen) atoms. The molecule has 0 radical (unpaired) electrons. The molecule has 3 rings (SSSR count). The summed E-state index contributed by atoms with van der Waals surface area (Å²) in [5, 5.41) is 2.96. The summed E-state index contributed by atoms with van der Waals surface area (Å²) in [5.41, 5.74) is 3.60. The third-order valence-corrected chi connectivity index (χ3v) is 5.94. The molecule has 0 saturated heterocycles. The van der Waals surface area contributed by atoms with E-state index in [-0.39, 0.29) is 5.91 Å². The number of carbonyl (C=O) groups is 1. The third kappa shape index (κ3) is 5.85. The summed E-state index contributed by atoms with van der Waals surface area (Å²) in [4.78, 5) is 12.8. The van der Waals surface area contributed by atoms with Crippen LogP contribution in [0, 0.1) is 14.1 Å². The summed E-state index contributed by atoms with van der Waals surface area (Å²) >= 11 is 4.39. The van der Waals surface area contributed by atoms with Gasteiger partial charge < -0.3 is 14.8 Å². The maximum atomic E-state index is 12.8. The van der Waals surface area contributed by atoms with Crippen LogP contribution in [0.1, 0.15) is 28.4 Å². The van der Waals surface area contributed by atoms with Crippen molar-refractivity contribution in [3.8, 4) is 11.5 Å². The number of para-hydroxylation sites is 1. The first-order valence-electron chi connectivity index (χ1n) is 9.18. The zero-order chi connectivity index (χ0) is 20.8. The number of benzene rings is 3. The minimum atomic E-state index is -0.182. The molecule has 0 aromatic heterocycles. The Bertz CT molecular complexity index is 1000. The van der Waals surface area contributed by atoms with Gasteiger partial charge in [0.05, 0.1) is 15.9 Å². The van der Waals surface area contributed by atoms with Crippen molar-refractivity contribution < 1.29 is 14.3 Å². The largest absolute Gasteiger partial charge is 0.490 e. The van der Waals surface area contributed by atoms with Gasteiger partial charge >= 0.3 is 0 Å². The SMILES string of the molecule is CCOc1cc(C(=O)Nc2ccccc2I)cc(I)c1OCc1ccc(C)cc1. The van der Waals surface area contributed by atoms with E-state index in [4.69, 9.17) is 9.47 Å². The van der Waals surface area contributed by atoms with E-state index in [0.717, 1.165) is 18.4 Å². The van der Waals surface area contributed by atoms with E-state index in [1.54, 1.807) is 6.07 Å². The summed E-state index contributed by atoms with van der Waals surface area (Å²) in [5.74, 6) is 1.04. The molecule has 150 valence electrons. The molecule has 0 heterocycles. The third-order valence-electron chi connectivity index (χ3n) is 4.20. The van der Waals surface area contributed by atoms with E-state index in [2.05, 4.69) is 69.6 Å². The van der Waals surface area contributed by atoms with Gasteiger partial charge in [0.1, 0.15) is 6.61 Å². The second-order valence-electron chi connectivity index (χ2n) is 6.43. The molecule has 0 atom stereocenters. The fourth-order valence-corrected chi connectivity index (χ4v) is 3.98. The van der Waals surface area contributed by atoms with Gasteiger partial charge in [0.25, 0.3) is 5.91 Å². The molecule has 0 saturated carbocycles. The quantitative estimate of drug-likeness (QED) is 0.313. The van der Waals surface area contributed by atoms with Gasteiger partial charge in [-0.2, -0.15) is 0 Å². The lowest BCUT2D eigenvalue weighted by Gasteiger charge is -2.16. The van der Waals surface area contributed by atoms with Gasteiger partial charge in [-0.05, 0) is 88.9 Å². The predicted molar refractivity (Wildman–Crippen MR) is 133 cm³/mol. The van der Waals surface area contributed by atoms with Gasteiger partial charge in [0, 0.05) is 9.13 Å². The minimum Gasteiger partial charge on any atom is -0.490 e. The van der Waals surface area contributed by atoms with Crippen LogP contribution in [0.25, 0.3) is 0 Å². The van der Waals surface area contributed by atoms with E-state index in [1.807, 2.05) is 49.4 Å². The van der Waals surface area contributed by atoms with E-state index in [1.165, 1.54) is 5.56 Å². The summed E-state index contributed by atoms with van der Waals surface area (Å²) in [6.07, 6.45) is 0. The predicted octanol–water partition coefficient (Wildman–Crippen LogP) is 6.43. The molecule has 0 fully saturated rings. The Hall–Kier alpha value is -1.81. The molecular weight excluding hydrogens is 592 g/mol. The number of nitrogens with one attached hydrogen (secondary N) is 1. The number of carbonyl (C=O) groups excluding carboxylic acids is 1. The number of halogens is 2. The second-order valence-corrected chi connectivity index (χ2v) is 8.75. The van der Waals surface area contributed by atoms with Crippen LogP contribution in [0.3, 0.4) is 0 Å². The van der Waals surface area contributed by atoms with Gasteiger partial charge in [0.15, 0.2) is 11.5 Å². The topological polar surface area (TPSA) is 47.6 Å². The van der Waals surface area contributed by atoms with Crippen LogP contribution in [0.15, 0.2) is 60.7 Å². The number of amides is 1. The summed E-state index contributed by atoms with van der Waals surface area (Å²) < 4.78 is 13.6. The highest BCUT2D eigenvalue weighted by Gasteiger charge is 2.17. The summed E-state index contributed by atoms with van der Waals surface area (Å²) in [6, 6.07) is 19.4. The maximum Gasteiger partial charge on any atom is 0.255 e. The molecule has 0 aliphatic heterocycles. The van der Waals surface area contributed by atoms with Gasteiger partial charge in [0.2, 0.25) is 0 Å². The summed E-state index contributed by atoms with van der Waals surface area (Å²) in [6.45, 7) is 4.89. The van der Waals surface area contributed by atoms with Crippen LogP contribution < -0.4 is 14.8 Å². The molecule has 0 bridgehead atoms. The Labute approximate surface area is 198 Å². The Morgan fingerprint density at radius 1 is 0.966 bits per heavy atom. The lowest BCUT2D eigenvalue weighted by molar-refractivity contribution is 0.102. The molecule has 1 amide bonds. The van der Waals surface area contributed by atoms with Crippen LogP contribution in [0.2, 0.25) is 0 Å². The number of hydrogen-bond donors (Lipinski definition) is 1. The Morgan fingerprint density at radius 3 is 2.38 bits per heavy atom. The van der Waals surface area contributed by atoms with Crippen molar-refractivity contribution in [3.05, 3.63) is 84.5 Å². The van der Waals surface area contributed by atoms with Crippen LogP contribution in [-0.2, 0) is 6.61 Å². The molecule has 0 unspecified atom stereocenters. The number of aryl methyl sites for hydroxylation is 1. The molecular formula is C23H21I2NO3. The van der Waals surface area contributed by atoms with Gasteiger partial charge in [-0.25, -0.2) is 0 Å². The normalized spacial score (nSPS) is 10.5. The highest BCUT2D eigenvalue weighted by Crippen LogP contribution is 2.35. The van der Waals surface area contributed by atoms with E-state index >= 15 is 0 Å². The number of anilines is 1. The van der Waals surface area contributed by atoms with E-state index in [9.17, 15) is 4.79 Å². The van der Waals surface area contributed by atoms with Gasteiger partial charge in [-0.1, -0.05) is 42.0 Å². The fourth-order valence-electron chi connectivity index (χ4n) is 2.70. The van der Waals surface area contributed by atoms with Crippen molar-refractivity contribution in [2.24, 2.45) is 0 Å². The van der Waals surface area contributed by atoms with Crippen molar-refractivity contribution in [1.29, 1.82) is 0 Å².